The molecule has 0 aliphatic carbocycles. The molecule has 252 valence electrons. The molecule has 0 saturated heterocycles. The van der Waals surface area contributed by atoms with Crippen molar-refractivity contribution in [2.75, 3.05) is 0 Å². The van der Waals surface area contributed by atoms with E-state index in [2.05, 4.69) is 44.5 Å². The van der Waals surface area contributed by atoms with Gasteiger partial charge in [-0.25, -0.2) is 9.97 Å². The molecule has 0 aliphatic heterocycles. The number of aromatic nitrogens is 8. The van der Waals surface area contributed by atoms with Gasteiger partial charge in [0.25, 0.3) is 0 Å². The predicted molar refractivity (Wildman–Crippen MR) is 176 cm³/mol. The standard InChI is InChI=1S/2C18H12N4O2.2Pt/c2*1-21-5-3-19-17(21)14-10-23-15-7-11-9-24-16(12(11)8-13(14)15)18-20-4-6-22(18)2;;/h2*4-7,9-10H,1-2H3;;/q2*-2;2*+2. The van der Waals surface area contributed by atoms with Crippen molar-refractivity contribution in [2.24, 2.45) is 28.2 Å². The SMILES string of the molecule is Cn1ccnc1-c1occ2cc3occ(-c4n[c-]cn4C)c3[c-]c12.Cn1ccnc1-c1occ2cc3occ(-c4n[c-]cn4C)c3[c-]c12.[Pt+2].[Pt+2]. The van der Waals surface area contributed by atoms with E-state index < -0.39 is 0 Å². The summed E-state index contributed by atoms with van der Waals surface area (Å²) in [6, 6.07) is 10.8. The van der Waals surface area contributed by atoms with Crippen molar-refractivity contribution >= 4 is 43.5 Å². The van der Waals surface area contributed by atoms with E-state index in [9.17, 15) is 0 Å². The van der Waals surface area contributed by atoms with Crippen molar-refractivity contribution in [3.05, 3.63) is 98.9 Å². The van der Waals surface area contributed by atoms with Gasteiger partial charge >= 0.3 is 42.1 Å². The van der Waals surface area contributed by atoms with Crippen molar-refractivity contribution in [3.8, 4) is 45.9 Å². The van der Waals surface area contributed by atoms with Crippen LogP contribution in [0.3, 0.4) is 0 Å². The Morgan fingerprint density at radius 2 is 0.960 bits per heavy atom. The maximum absolute atomic E-state index is 5.75. The van der Waals surface area contributed by atoms with E-state index >= 15 is 0 Å². The Hall–Kier alpha value is -5.18. The van der Waals surface area contributed by atoms with Gasteiger partial charge in [0.2, 0.25) is 0 Å². The Labute approximate surface area is 312 Å². The molecule has 2 aromatic carbocycles. The molecule has 0 atom stereocenters. The number of nitrogens with zero attached hydrogens (tertiary/aromatic N) is 8. The second-order valence-electron chi connectivity index (χ2n) is 11.4. The number of fused-ring (bicyclic) bond motifs is 4. The minimum Gasteiger partial charge on any atom is -0.509 e. The summed E-state index contributed by atoms with van der Waals surface area (Å²) >= 11 is 0. The first-order valence-electron chi connectivity index (χ1n) is 14.9. The van der Waals surface area contributed by atoms with Crippen molar-refractivity contribution < 1.29 is 59.8 Å². The van der Waals surface area contributed by atoms with Gasteiger partial charge in [0, 0.05) is 51.4 Å². The van der Waals surface area contributed by atoms with Gasteiger partial charge in [-0.05, 0) is 24.9 Å². The Kier molecular flexibility index (Phi) is 8.62. The number of rotatable bonds is 4. The minimum atomic E-state index is 0. The summed E-state index contributed by atoms with van der Waals surface area (Å²) in [5, 5.41) is 5.32. The molecule has 12 nitrogen and oxygen atoms in total. The summed E-state index contributed by atoms with van der Waals surface area (Å²) in [7, 11) is 7.71. The second kappa shape index (κ2) is 12.9. The summed E-state index contributed by atoms with van der Waals surface area (Å²) in [6.07, 6.45) is 23.3. The van der Waals surface area contributed by atoms with Crippen molar-refractivity contribution in [1.82, 2.24) is 38.2 Å². The van der Waals surface area contributed by atoms with Gasteiger partial charge in [0.15, 0.2) is 0 Å². The molecule has 0 amide bonds. The van der Waals surface area contributed by atoms with Gasteiger partial charge in [-0.1, -0.05) is 68.8 Å². The molecule has 8 heterocycles. The van der Waals surface area contributed by atoms with E-state index in [4.69, 9.17) is 17.7 Å². The number of aryl methyl sites for hydroxylation is 4. The van der Waals surface area contributed by atoms with Crippen LogP contribution in [0.25, 0.3) is 89.4 Å². The van der Waals surface area contributed by atoms with Gasteiger partial charge in [0.05, 0.1) is 23.7 Å². The third-order valence-corrected chi connectivity index (χ3v) is 8.39. The zero-order valence-electron chi connectivity index (χ0n) is 26.8. The van der Waals surface area contributed by atoms with Crippen LogP contribution in [0, 0.1) is 24.5 Å². The Morgan fingerprint density at radius 1 is 0.520 bits per heavy atom. The fourth-order valence-corrected chi connectivity index (χ4v) is 5.92. The van der Waals surface area contributed by atoms with Gasteiger partial charge < -0.3 is 45.9 Å². The molecule has 0 aliphatic rings. The number of hydrogen-bond donors (Lipinski definition) is 0. The molecule has 0 radical (unpaired) electrons. The van der Waals surface area contributed by atoms with E-state index in [0.29, 0.717) is 11.5 Å². The monoisotopic (exact) mass is 1020 g/mol. The van der Waals surface area contributed by atoms with E-state index in [1.807, 2.05) is 71.0 Å². The number of benzene rings is 2. The summed E-state index contributed by atoms with van der Waals surface area (Å²) in [4.78, 5) is 17.3. The van der Waals surface area contributed by atoms with Gasteiger partial charge in [-0.2, -0.15) is 0 Å². The fraction of sp³-hybridized carbons (Fsp3) is 0.111. The van der Waals surface area contributed by atoms with E-state index in [0.717, 1.165) is 77.9 Å². The van der Waals surface area contributed by atoms with Crippen LogP contribution in [0.4, 0.5) is 0 Å². The summed E-state index contributed by atoms with van der Waals surface area (Å²) in [5.41, 5.74) is 3.24. The molecule has 0 spiro atoms. The molecule has 50 heavy (non-hydrogen) atoms. The largest absolute Gasteiger partial charge is 2.00 e. The zero-order valence-corrected chi connectivity index (χ0v) is 31.3. The van der Waals surface area contributed by atoms with Gasteiger partial charge in [-0.3, -0.25) is 0 Å². The van der Waals surface area contributed by atoms with Crippen molar-refractivity contribution in [1.29, 1.82) is 0 Å². The smallest absolute Gasteiger partial charge is 0.509 e. The van der Waals surface area contributed by atoms with Crippen molar-refractivity contribution in [3.63, 3.8) is 0 Å². The molecule has 14 heteroatoms. The van der Waals surface area contributed by atoms with Gasteiger partial charge in [-0.15, -0.1) is 24.5 Å². The molecule has 0 fully saturated rings. The van der Waals surface area contributed by atoms with E-state index in [1.54, 1.807) is 49.8 Å². The van der Waals surface area contributed by atoms with Crippen LogP contribution in [-0.2, 0) is 70.3 Å². The number of imidazole rings is 4. The average molecular weight is 1020 g/mol. The first kappa shape index (κ1) is 33.3. The van der Waals surface area contributed by atoms with Crippen LogP contribution in [0.1, 0.15) is 0 Å². The third-order valence-electron chi connectivity index (χ3n) is 8.39. The predicted octanol–water partition coefficient (Wildman–Crippen LogP) is 7.16. The maximum atomic E-state index is 5.75. The number of hydrogen-bond acceptors (Lipinski definition) is 8. The first-order valence-corrected chi connectivity index (χ1v) is 14.9. The molecular weight excluding hydrogens is 999 g/mol. The van der Waals surface area contributed by atoms with Crippen molar-refractivity contribution in [2.45, 2.75) is 0 Å². The van der Waals surface area contributed by atoms with Crippen LogP contribution < -0.4 is 0 Å². The molecule has 10 rings (SSSR count). The second-order valence-corrected chi connectivity index (χ2v) is 11.4. The van der Waals surface area contributed by atoms with Crippen LogP contribution in [0.2, 0.25) is 0 Å². The minimum absolute atomic E-state index is 0. The molecule has 10 aromatic rings. The Bertz CT molecular complexity index is 2400. The summed E-state index contributed by atoms with van der Waals surface area (Å²) in [6.45, 7) is 0. The molecule has 0 bridgehead atoms. The average Bonchev–Trinajstić information content (AvgIpc) is 3.92. The third kappa shape index (κ3) is 5.30. The quantitative estimate of drug-likeness (QED) is 0.171. The van der Waals surface area contributed by atoms with Gasteiger partial charge in [0.1, 0.15) is 23.2 Å². The fourth-order valence-electron chi connectivity index (χ4n) is 5.92. The Balaban J connectivity index is 0.000000151. The molecule has 0 unspecified atom stereocenters. The zero-order chi connectivity index (χ0) is 32.5. The first-order chi connectivity index (χ1) is 23.4. The van der Waals surface area contributed by atoms with E-state index in [1.165, 1.54) is 0 Å². The molecule has 0 N–H and O–H groups in total. The normalized spacial score (nSPS) is 11.3. The number of furan rings is 4. The molecule has 8 aromatic heterocycles. The van der Waals surface area contributed by atoms with Crippen LogP contribution in [0.5, 0.6) is 0 Å². The van der Waals surface area contributed by atoms with Crippen LogP contribution in [0.15, 0.2) is 92.0 Å². The maximum Gasteiger partial charge on any atom is 2.00 e. The Morgan fingerprint density at radius 3 is 1.32 bits per heavy atom. The van der Waals surface area contributed by atoms with Crippen LogP contribution in [-0.4, -0.2) is 38.2 Å². The topological polar surface area (TPSA) is 124 Å². The summed E-state index contributed by atoms with van der Waals surface area (Å²) in [5.74, 6) is 4.47. The molecule has 0 saturated carbocycles. The van der Waals surface area contributed by atoms with Crippen LogP contribution >= 0.6 is 0 Å². The summed E-state index contributed by atoms with van der Waals surface area (Å²) < 4.78 is 30.5. The molecular formula is C36H24N8O4Pt2. The van der Waals surface area contributed by atoms with E-state index in [-0.39, 0.29) is 42.1 Å².